The number of likely N-dealkylation sites (tertiary alicyclic amines) is 1. The molecule has 0 radical (unpaired) electrons. The first-order valence-electron chi connectivity index (χ1n) is 9.30. The molecule has 6 heteroatoms. The van der Waals surface area contributed by atoms with Crippen molar-refractivity contribution in [3.8, 4) is 11.5 Å². The van der Waals surface area contributed by atoms with Crippen LogP contribution in [-0.4, -0.2) is 50.9 Å². The van der Waals surface area contributed by atoms with Crippen molar-refractivity contribution in [1.29, 1.82) is 0 Å². The summed E-state index contributed by atoms with van der Waals surface area (Å²) in [6.45, 7) is 7.97. The maximum atomic E-state index is 5.42. The molecular weight excluding hydrogens is 316 g/mol. The standard InChI is InChI=1S/C19H30N4O2/c1-15-5-3-9-23(13-15)10-4-8-21-19(20-2)22-12-16-6-7-17-18(11-16)25-14-24-17/h6-7,11,15H,3-5,8-10,12-14H2,1-2H3,(H2,20,21,22). The Morgan fingerprint density at radius 1 is 1.28 bits per heavy atom. The first-order chi connectivity index (χ1) is 12.2. The number of ether oxygens (including phenoxy) is 2. The summed E-state index contributed by atoms with van der Waals surface area (Å²) in [4.78, 5) is 6.88. The highest BCUT2D eigenvalue weighted by Crippen LogP contribution is 2.32. The van der Waals surface area contributed by atoms with Gasteiger partial charge < -0.3 is 25.0 Å². The molecule has 1 saturated heterocycles. The molecule has 1 atom stereocenters. The number of hydrogen-bond acceptors (Lipinski definition) is 4. The zero-order chi connectivity index (χ0) is 17.5. The zero-order valence-electron chi connectivity index (χ0n) is 15.4. The van der Waals surface area contributed by atoms with Crippen LogP contribution >= 0.6 is 0 Å². The Morgan fingerprint density at radius 3 is 3.00 bits per heavy atom. The quantitative estimate of drug-likeness (QED) is 0.470. The van der Waals surface area contributed by atoms with Crippen LogP contribution in [0.1, 0.15) is 31.7 Å². The van der Waals surface area contributed by atoms with E-state index in [2.05, 4.69) is 27.4 Å². The number of piperidine rings is 1. The van der Waals surface area contributed by atoms with Crippen LogP contribution in [0.3, 0.4) is 0 Å². The summed E-state index contributed by atoms with van der Waals surface area (Å²) in [6.07, 6.45) is 3.86. The number of rotatable bonds is 6. The second-order valence-electron chi connectivity index (χ2n) is 6.94. The summed E-state index contributed by atoms with van der Waals surface area (Å²) in [5.74, 6) is 3.32. The molecule has 0 amide bonds. The molecule has 2 heterocycles. The number of benzene rings is 1. The van der Waals surface area contributed by atoms with E-state index in [1.54, 1.807) is 7.05 Å². The minimum absolute atomic E-state index is 0.311. The van der Waals surface area contributed by atoms with E-state index in [1.165, 1.54) is 25.9 Å². The molecule has 1 unspecified atom stereocenters. The predicted molar refractivity (Wildman–Crippen MR) is 100 cm³/mol. The first-order valence-corrected chi connectivity index (χ1v) is 9.30. The molecule has 0 bridgehead atoms. The Bertz CT molecular complexity index is 591. The Labute approximate surface area is 150 Å². The van der Waals surface area contributed by atoms with E-state index >= 15 is 0 Å². The van der Waals surface area contributed by atoms with Gasteiger partial charge in [-0.3, -0.25) is 4.99 Å². The van der Waals surface area contributed by atoms with Crippen molar-refractivity contribution in [2.24, 2.45) is 10.9 Å². The highest BCUT2D eigenvalue weighted by Gasteiger charge is 2.15. The Hall–Kier alpha value is -1.95. The van der Waals surface area contributed by atoms with Crippen molar-refractivity contribution in [1.82, 2.24) is 15.5 Å². The number of hydrogen-bond donors (Lipinski definition) is 2. The molecule has 25 heavy (non-hydrogen) atoms. The fourth-order valence-corrected chi connectivity index (χ4v) is 3.46. The van der Waals surface area contributed by atoms with E-state index in [0.29, 0.717) is 13.3 Å². The van der Waals surface area contributed by atoms with E-state index < -0.39 is 0 Å². The molecule has 1 aromatic rings. The van der Waals surface area contributed by atoms with Gasteiger partial charge in [0.05, 0.1) is 0 Å². The van der Waals surface area contributed by atoms with Crippen LogP contribution in [0, 0.1) is 5.92 Å². The van der Waals surface area contributed by atoms with Crippen molar-refractivity contribution < 1.29 is 9.47 Å². The lowest BCUT2D eigenvalue weighted by molar-refractivity contribution is 0.174. The topological polar surface area (TPSA) is 58.1 Å². The lowest BCUT2D eigenvalue weighted by Gasteiger charge is -2.30. The summed E-state index contributed by atoms with van der Waals surface area (Å²) in [5.41, 5.74) is 1.15. The maximum Gasteiger partial charge on any atom is 0.231 e. The van der Waals surface area contributed by atoms with E-state index in [-0.39, 0.29) is 0 Å². The molecule has 0 aliphatic carbocycles. The highest BCUT2D eigenvalue weighted by atomic mass is 16.7. The largest absolute Gasteiger partial charge is 0.454 e. The van der Waals surface area contributed by atoms with E-state index in [1.807, 2.05) is 18.2 Å². The summed E-state index contributed by atoms with van der Waals surface area (Å²) in [6, 6.07) is 6.01. The van der Waals surface area contributed by atoms with Crippen molar-refractivity contribution in [2.45, 2.75) is 32.7 Å². The first kappa shape index (κ1) is 17.9. The minimum Gasteiger partial charge on any atom is -0.454 e. The molecule has 6 nitrogen and oxygen atoms in total. The van der Waals surface area contributed by atoms with Gasteiger partial charge in [0.15, 0.2) is 17.5 Å². The second-order valence-corrected chi connectivity index (χ2v) is 6.94. The number of aliphatic imine (C=N–C) groups is 1. The van der Waals surface area contributed by atoms with Crippen molar-refractivity contribution >= 4 is 5.96 Å². The van der Waals surface area contributed by atoms with Gasteiger partial charge in [-0.2, -0.15) is 0 Å². The molecule has 138 valence electrons. The van der Waals surface area contributed by atoms with Gasteiger partial charge in [-0.15, -0.1) is 0 Å². The molecule has 1 aromatic carbocycles. The van der Waals surface area contributed by atoms with Gasteiger partial charge >= 0.3 is 0 Å². The van der Waals surface area contributed by atoms with Crippen molar-refractivity contribution in [3.05, 3.63) is 23.8 Å². The van der Waals surface area contributed by atoms with Crippen molar-refractivity contribution in [3.63, 3.8) is 0 Å². The van der Waals surface area contributed by atoms with E-state index in [9.17, 15) is 0 Å². The normalized spacial score (nSPS) is 20.6. The van der Waals surface area contributed by atoms with Crippen LogP contribution in [0.2, 0.25) is 0 Å². The smallest absolute Gasteiger partial charge is 0.231 e. The third-order valence-corrected chi connectivity index (χ3v) is 4.81. The summed E-state index contributed by atoms with van der Waals surface area (Å²) >= 11 is 0. The molecule has 0 spiro atoms. The summed E-state index contributed by atoms with van der Waals surface area (Å²) in [7, 11) is 1.81. The number of nitrogens with zero attached hydrogens (tertiary/aromatic N) is 2. The van der Waals surface area contributed by atoms with Crippen LogP contribution in [0.15, 0.2) is 23.2 Å². The lowest BCUT2D eigenvalue weighted by atomic mass is 10.0. The van der Waals surface area contributed by atoms with Gasteiger partial charge in [-0.05, 0) is 56.0 Å². The molecule has 3 rings (SSSR count). The lowest BCUT2D eigenvalue weighted by Crippen LogP contribution is -2.39. The van der Waals surface area contributed by atoms with E-state index in [0.717, 1.165) is 48.5 Å². The molecule has 1 fully saturated rings. The van der Waals surface area contributed by atoms with E-state index in [4.69, 9.17) is 9.47 Å². The van der Waals surface area contributed by atoms with Crippen LogP contribution in [-0.2, 0) is 6.54 Å². The molecule has 2 aliphatic rings. The average Bonchev–Trinajstić information content (AvgIpc) is 3.09. The Morgan fingerprint density at radius 2 is 2.16 bits per heavy atom. The van der Waals surface area contributed by atoms with Gasteiger partial charge in [0, 0.05) is 26.7 Å². The molecule has 2 aliphatic heterocycles. The summed E-state index contributed by atoms with van der Waals surface area (Å²) < 4.78 is 10.8. The van der Waals surface area contributed by atoms with Crippen LogP contribution in [0.4, 0.5) is 0 Å². The fraction of sp³-hybridized carbons (Fsp3) is 0.632. The Kier molecular flexibility index (Phi) is 6.39. The van der Waals surface area contributed by atoms with Gasteiger partial charge in [0.1, 0.15) is 0 Å². The number of nitrogens with one attached hydrogen (secondary N) is 2. The third-order valence-electron chi connectivity index (χ3n) is 4.81. The highest BCUT2D eigenvalue weighted by molar-refractivity contribution is 5.79. The molecule has 2 N–H and O–H groups in total. The Balaban J connectivity index is 1.35. The van der Waals surface area contributed by atoms with Crippen LogP contribution in [0.5, 0.6) is 11.5 Å². The number of fused-ring (bicyclic) bond motifs is 1. The molecular formula is C19H30N4O2. The second kappa shape index (κ2) is 8.94. The van der Waals surface area contributed by atoms with Gasteiger partial charge in [-0.25, -0.2) is 0 Å². The molecule has 0 aromatic heterocycles. The monoisotopic (exact) mass is 346 g/mol. The minimum atomic E-state index is 0.311. The van der Waals surface area contributed by atoms with Crippen molar-refractivity contribution in [2.75, 3.05) is 40.0 Å². The van der Waals surface area contributed by atoms with Gasteiger partial charge in [0.25, 0.3) is 0 Å². The SMILES string of the molecule is CN=C(NCCCN1CCCC(C)C1)NCc1ccc2c(c1)OCO2. The van der Waals surface area contributed by atoms with Gasteiger partial charge in [0.2, 0.25) is 6.79 Å². The van der Waals surface area contributed by atoms with Crippen LogP contribution < -0.4 is 20.1 Å². The third kappa shape index (κ3) is 5.26. The zero-order valence-corrected chi connectivity index (χ0v) is 15.4. The van der Waals surface area contributed by atoms with Gasteiger partial charge in [-0.1, -0.05) is 13.0 Å². The summed E-state index contributed by atoms with van der Waals surface area (Å²) in [5, 5.41) is 6.75. The maximum absolute atomic E-state index is 5.42. The average molecular weight is 346 g/mol. The predicted octanol–water partition coefficient (Wildman–Crippen LogP) is 2.20. The fourth-order valence-electron chi connectivity index (χ4n) is 3.46. The number of guanidine groups is 1. The molecule has 0 saturated carbocycles. The van der Waals surface area contributed by atoms with Crippen LogP contribution in [0.25, 0.3) is 0 Å².